The Hall–Kier alpha value is -1.52. The molecule has 0 aliphatic rings. The van der Waals surface area contributed by atoms with Crippen molar-refractivity contribution in [2.45, 2.75) is 161 Å². The highest BCUT2D eigenvalue weighted by atomic mass is 32.2. The zero-order valence-corrected chi connectivity index (χ0v) is 30.9. The molecule has 1 amide bonds. The highest BCUT2D eigenvalue weighted by Crippen LogP contribution is 2.17. The van der Waals surface area contributed by atoms with Crippen molar-refractivity contribution < 1.29 is 36.6 Å². The molecule has 0 saturated heterocycles. The lowest BCUT2D eigenvalue weighted by molar-refractivity contribution is -0.890. The van der Waals surface area contributed by atoms with Crippen LogP contribution in [0.25, 0.3) is 0 Å². The van der Waals surface area contributed by atoms with Crippen LogP contribution in [0.3, 0.4) is 0 Å². The Bertz CT molecular complexity index is 893. The van der Waals surface area contributed by atoms with E-state index in [0.717, 1.165) is 75.4 Å². The quantitative estimate of drug-likeness (QED) is 0.0251. The molecule has 0 bridgehead atoms. The molecular formula is C36H70N2O7S. The number of Topliss-reactive ketones (excluding diaryl/α,β-unsaturated/α-hetero) is 1. The van der Waals surface area contributed by atoms with Crippen LogP contribution >= 0.6 is 0 Å². The van der Waals surface area contributed by atoms with Crippen LogP contribution in [0.4, 0.5) is 0 Å². The molecule has 0 radical (unpaired) electrons. The van der Waals surface area contributed by atoms with E-state index in [2.05, 4.69) is 26.3 Å². The van der Waals surface area contributed by atoms with Crippen molar-refractivity contribution in [1.82, 2.24) is 5.32 Å². The maximum Gasteiger partial charge on any atom is 0.316 e. The van der Waals surface area contributed by atoms with Gasteiger partial charge in [-0.1, -0.05) is 96.8 Å². The lowest BCUT2D eigenvalue weighted by Crippen LogP contribution is -2.41. The maximum atomic E-state index is 12.8. The average Bonchev–Trinajstić information content (AvgIpc) is 3.00. The van der Waals surface area contributed by atoms with Gasteiger partial charge < -0.3 is 19.1 Å². The zero-order chi connectivity index (χ0) is 34.5. The fourth-order valence-electron chi connectivity index (χ4n) is 5.94. The Balaban J connectivity index is 3.88. The molecular weight excluding hydrogens is 604 g/mol. The second-order valence-electron chi connectivity index (χ2n) is 13.9. The van der Waals surface area contributed by atoms with E-state index >= 15 is 0 Å². The third-order valence-corrected chi connectivity index (χ3v) is 9.76. The van der Waals surface area contributed by atoms with Crippen LogP contribution in [0.2, 0.25) is 0 Å². The van der Waals surface area contributed by atoms with Crippen molar-refractivity contribution in [3.63, 3.8) is 0 Å². The lowest BCUT2D eigenvalue weighted by Gasteiger charge is -2.30. The molecule has 0 aliphatic heterocycles. The number of carbonyl (C=O) groups excluding carboxylic acids is 3. The van der Waals surface area contributed by atoms with Gasteiger partial charge in [-0.05, 0) is 51.4 Å². The third-order valence-electron chi connectivity index (χ3n) is 8.97. The molecule has 0 aromatic carbocycles. The number of rotatable bonds is 33. The molecule has 0 aromatic heterocycles. The summed E-state index contributed by atoms with van der Waals surface area (Å²) in [5.74, 6) is -1.36. The number of nitrogens with one attached hydrogen (secondary N) is 1. The minimum absolute atomic E-state index is 0.0309. The van der Waals surface area contributed by atoms with Gasteiger partial charge in [-0.15, -0.1) is 0 Å². The van der Waals surface area contributed by atoms with Gasteiger partial charge in [0.25, 0.3) is 0 Å². The molecule has 0 heterocycles. The molecule has 0 spiro atoms. The van der Waals surface area contributed by atoms with E-state index in [1.165, 1.54) is 71.3 Å². The predicted octanol–water partition coefficient (Wildman–Crippen LogP) is 7.46. The first-order chi connectivity index (χ1) is 21.9. The summed E-state index contributed by atoms with van der Waals surface area (Å²) >= 11 is 0. The van der Waals surface area contributed by atoms with Crippen molar-refractivity contribution in [3.8, 4) is 0 Å². The van der Waals surface area contributed by atoms with Gasteiger partial charge >= 0.3 is 5.97 Å². The van der Waals surface area contributed by atoms with E-state index in [4.69, 9.17) is 4.74 Å². The van der Waals surface area contributed by atoms with Crippen LogP contribution in [0.5, 0.6) is 0 Å². The first-order valence-electron chi connectivity index (χ1n) is 18.5. The normalized spacial score (nSPS) is 12.6. The van der Waals surface area contributed by atoms with Crippen LogP contribution in [0, 0.1) is 5.92 Å². The van der Waals surface area contributed by atoms with Gasteiger partial charge in [-0.2, -0.15) is 0 Å². The first-order valence-corrected chi connectivity index (χ1v) is 20.1. The van der Waals surface area contributed by atoms with Crippen molar-refractivity contribution in [3.05, 3.63) is 0 Å². The van der Waals surface area contributed by atoms with Gasteiger partial charge in [0.15, 0.2) is 0 Å². The largest absolute Gasteiger partial charge is 0.748 e. The minimum atomic E-state index is -4.11. The maximum absolute atomic E-state index is 12.8. The molecule has 1 N–H and O–H groups in total. The summed E-state index contributed by atoms with van der Waals surface area (Å²) in [4.78, 5) is 37.1. The van der Waals surface area contributed by atoms with Crippen molar-refractivity contribution in [1.29, 1.82) is 0 Å². The van der Waals surface area contributed by atoms with Crippen LogP contribution in [-0.2, 0) is 29.2 Å². The number of hydrogen-bond acceptors (Lipinski definition) is 7. The van der Waals surface area contributed by atoms with Gasteiger partial charge in [0.05, 0.1) is 44.4 Å². The molecule has 272 valence electrons. The molecule has 0 aromatic rings. The summed E-state index contributed by atoms with van der Waals surface area (Å²) in [6.07, 6.45) is 23.8. The van der Waals surface area contributed by atoms with Crippen molar-refractivity contribution in [2.24, 2.45) is 5.92 Å². The monoisotopic (exact) mass is 674 g/mol. The summed E-state index contributed by atoms with van der Waals surface area (Å²) < 4.78 is 37.9. The number of carbonyl (C=O) groups is 3. The van der Waals surface area contributed by atoms with Crippen molar-refractivity contribution >= 4 is 27.8 Å². The zero-order valence-electron chi connectivity index (χ0n) is 30.1. The Morgan fingerprint density at radius 1 is 0.674 bits per heavy atom. The van der Waals surface area contributed by atoms with E-state index < -0.39 is 22.0 Å². The number of unbranched alkanes of at least 4 members (excludes halogenated alkanes) is 17. The van der Waals surface area contributed by atoms with Gasteiger partial charge in [-0.3, -0.25) is 14.4 Å². The molecule has 46 heavy (non-hydrogen) atoms. The number of amides is 1. The predicted molar refractivity (Wildman–Crippen MR) is 186 cm³/mol. The number of hydrogen-bond donors (Lipinski definition) is 1. The van der Waals surface area contributed by atoms with E-state index in [1.54, 1.807) is 0 Å². The second kappa shape index (κ2) is 28.5. The van der Waals surface area contributed by atoms with Crippen LogP contribution in [-0.4, -0.2) is 81.7 Å². The smallest absolute Gasteiger partial charge is 0.316 e. The lowest BCUT2D eigenvalue weighted by atomic mass is 9.93. The molecule has 1 atom stereocenters. The number of ether oxygens (including phenoxy) is 1. The summed E-state index contributed by atoms with van der Waals surface area (Å²) in [6.45, 7) is 4.73. The summed E-state index contributed by atoms with van der Waals surface area (Å²) in [7, 11) is 1.53. The van der Waals surface area contributed by atoms with E-state index in [9.17, 15) is 27.4 Å². The van der Waals surface area contributed by atoms with E-state index in [1.807, 2.05) is 0 Å². The van der Waals surface area contributed by atoms with Gasteiger partial charge in [0.2, 0.25) is 5.91 Å². The van der Waals surface area contributed by atoms with Gasteiger partial charge in [0, 0.05) is 25.1 Å². The molecule has 0 unspecified atom stereocenters. The van der Waals surface area contributed by atoms with E-state index in [-0.39, 0.29) is 17.4 Å². The molecule has 0 saturated carbocycles. The van der Waals surface area contributed by atoms with Crippen LogP contribution in [0.15, 0.2) is 0 Å². The fourth-order valence-corrected chi connectivity index (χ4v) is 6.50. The third kappa shape index (κ3) is 28.7. The highest BCUT2D eigenvalue weighted by molar-refractivity contribution is 7.85. The van der Waals surface area contributed by atoms with Crippen LogP contribution in [0.1, 0.15) is 161 Å². The molecule has 9 nitrogen and oxygen atoms in total. The number of esters is 1. The number of quaternary nitrogens is 1. The van der Waals surface area contributed by atoms with Crippen molar-refractivity contribution in [2.75, 3.05) is 46.6 Å². The number of ketones is 1. The molecule has 0 rings (SSSR count). The van der Waals surface area contributed by atoms with Gasteiger partial charge in [0.1, 0.15) is 11.7 Å². The molecule has 0 fully saturated rings. The number of methoxy groups -OCH3 is 1. The highest BCUT2D eigenvalue weighted by Gasteiger charge is 2.26. The summed E-state index contributed by atoms with van der Waals surface area (Å²) in [5.41, 5.74) is 0. The standard InChI is InChI=1S/C36H70N2O7S/c1-5-6-7-8-9-10-14-17-20-28-35(40)37-29-22-21-26-33(36(41)45-4)34(39)27-19-16-13-11-12-15-18-23-30-38(2,3)31-24-25-32-46(42,43)44/h33H,5-32H2,1-4H3,(H-,37,40,42,43,44)/t33-/m0/s1. The summed E-state index contributed by atoms with van der Waals surface area (Å²) in [6, 6.07) is 0. The van der Waals surface area contributed by atoms with Gasteiger partial charge in [-0.25, -0.2) is 8.42 Å². The molecule has 10 heteroatoms. The topological polar surface area (TPSA) is 130 Å². The second-order valence-corrected chi connectivity index (χ2v) is 15.4. The van der Waals surface area contributed by atoms with E-state index in [0.29, 0.717) is 38.6 Å². The SMILES string of the molecule is CCCCCCCCCCCC(=O)NCCCC[C@@H](C(=O)CCCCCCCCCC[N+](C)(C)CCCCS(=O)(=O)[O-])C(=O)OC. The first kappa shape index (κ1) is 44.5. The Morgan fingerprint density at radius 2 is 1.15 bits per heavy atom. The molecule has 0 aliphatic carbocycles. The fraction of sp³-hybridized carbons (Fsp3) is 0.917. The Kier molecular flexibility index (Phi) is 27.5. The Morgan fingerprint density at radius 3 is 1.67 bits per heavy atom. The summed E-state index contributed by atoms with van der Waals surface area (Å²) in [5, 5.41) is 2.98. The van der Waals surface area contributed by atoms with Crippen LogP contribution < -0.4 is 5.32 Å². The minimum Gasteiger partial charge on any atom is -0.748 e. The Labute approximate surface area is 282 Å². The average molecular weight is 675 g/mol. The number of nitrogens with zero attached hydrogens (tertiary/aromatic N) is 1.